The number of nitrogens with two attached hydrogens (primary N) is 1. The lowest BCUT2D eigenvalue weighted by Gasteiger charge is -2.22. The van der Waals surface area contributed by atoms with E-state index in [1.165, 1.54) is 0 Å². The van der Waals surface area contributed by atoms with E-state index in [9.17, 15) is 8.42 Å². The van der Waals surface area contributed by atoms with Crippen LogP contribution < -0.4 is 10.5 Å². The number of aryl methyl sites for hydroxylation is 2. The van der Waals surface area contributed by atoms with Crippen molar-refractivity contribution in [1.29, 1.82) is 0 Å². The second-order valence-electron chi connectivity index (χ2n) is 5.40. The fourth-order valence-electron chi connectivity index (χ4n) is 1.85. The Bertz CT molecular complexity index is 568. The van der Waals surface area contributed by atoms with E-state index in [-0.39, 0.29) is 22.5 Å². The predicted molar refractivity (Wildman–Crippen MR) is 81.2 cm³/mol. The first-order chi connectivity index (χ1) is 9.19. The van der Waals surface area contributed by atoms with Gasteiger partial charge in [-0.2, -0.15) is 0 Å². The van der Waals surface area contributed by atoms with Gasteiger partial charge in [0.05, 0.1) is 12.3 Å². The number of anilines is 1. The molecule has 20 heavy (non-hydrogen) atoms. The Labute approximate surface area is 121 Å². The van der Waals surface area contributed by atoms with Crippen LogP contribution in [0.3, 0.4) is 0 Å². The highest BCUT2D eigenvalue weighted by Crippen LogP contribution is 2.23. The van der Waals surface area contributed by atoms with Gasteiger partial charge >= 0.3 is 0 Å². The Balaban J connectivity index is 3.13. The Morgan fingerprint density at radius 3 is 2.30 bits per heavy atom. The number of hydrogen-bond donors (Lipinski definition) is 2. The van der Waals surface area contributed by atoms with Crippen LogP contribution in [-0.4, -0.2) is 28.2 Å². The van der Waals surface area contributed by atoms with Crippen LogP contribution >= 0.6 is 0 Å². The van der Waals surface area contributed by atoms with Gasteiger partial charge in [-0.15, -0.1) is 0 Å². The minimum absolute atomic E-state index is 0.123. The van der Waals surface area contributed by atoms with Crippen molar-refractivity contribution in [2.45, 2.75) is 38.6 Å². The molecule has 114 valence electrons. The zero-order chi connectivity index (χ0) is 15.5. The molecule has 0 radical (unpaired) electrons. The summed E-state index contributed by atoms with van der Waals surface area (Å²) in [5.41, 5.74) is 7.98. The van der Waals surface area contributed by atoms with Crippen LogP contribution in [0, 0.1) is 19.8 Å². The van der Waals surface area contributed by atoms with Gasteiger partial charge in [-0.1, -0.05) is 13.8 Å². The molecule has 0 aliphatic rings. The molecular formula is C14H24N2O3S. The van der Waals surface area contributed by atoms with E-state index in [1.54, 1.807) is 19.2 Å². The molecule has 6 heteroatoms. The van der Waals surface area contributed by atoms with Crippen LogP contribution in [0.1, 0.15) is 25.0 Å². The smallest absolute Gasteiger partial charge is 0.242 e. The first-order valence-electron chi connectivity index (χ1n) is 6.57. The molecule has 0 aliphatic carbocycles. The summed E-state index contributed by atoms with van der Waals surface area (Å²) < 4.78 is 32.6. The molecule has 0 heterocycles. The third-order valence-electron chi connectivity index (χ3n) is 3.37. The van der Waals surface area contributed by atoms with Gasteiger partial charge in [0, 0.05) is 13.2 Å². The fraction of sp³-hybridized carbons (Fsp3) is 0.571. The normalized spacial score (nSPS) is 13.7. The first-order valence-corrected chi connectivity index (χ1v) is 8.05. The Morgan fingerprint density at radius 1 is 1.25 bits per heavy atom. The van der Waals surface area contributed by atoms with Crippen molar-refractivity contribution < 1.29 is 13.2 Å². The molecule has 1 unspecified atom stereocenters. The molecule has 0 spiro atoms. The Kier molecular flexibility index (Phi) is 5.56. The van der Waals surface area contributed by atoms with E-state index in [2.05, 4.69) is 4.72 Å². The number of hydrogen-bond acceptors (Lipinski definition) is 4. The summed E-state index contributed by atoms with van der Waals surface area (Å²) in [6.07, 6.45) is 0. The van der Waals surface area contributed by atoms with Crippen LogP contribution in [0.25, 0.3) is 0 Å². The number of ether oxygens (including phenoxy) is 1. The highest BCUT2D eigenvalue weighted by atomic mass is 32.2. The number of sulfonamides is 1. The van der Waals surface area contributed by atoms with E-state index >= 15 is 0 Å². The monoisotopic (exact) mass is 300 g/mol. The van der Waals surface area contributed by atoms with Crippen molar-refractivity contribution >= 4 is 15.7 Å². The molecule has 0 fully saturated rings. The topological polar surface area (TPSA) is 81.4 Å². The van der Waals surface area contributed by atoms with Crippen molar-refractivity contribution in [3.05, 3.63) is 23.3 Å². The summed E-state index contributed by atoms with van der Waals surface area (Å²) in [5, 5.41) is 0. The van der Waals surface area contributed by atoms with Crippen molar-refractivity contribution in [1.82, 2.24) is 4.72 Å². The molecule has 0 amide bonds. The van der Waals surface area contributed by atoms with E-state index in [0.717, 1.165) is 11.1 Å². The molecule has 1 rings (SSSR count). The summed E-state index contributed by atoms with van der Waals surface area (Å²) >= 11 is 0. The van der Waals surface area contributed by atoms with E-state index < -0.39 is 10.0 Å². The van der Waals surface area contributed by atoms with Crippen molar-refractivity contribution in [2.75, 3.05) is 19.5 Å². The SMILES string of the molecule is COCC(NS(=O)(=O)c1cc(C)c(C)cc1N)C(C)C. The van der Waals surface area contributed by atoms with Crippen LogP contribution in [0.2, 0.25) is 0 Å². The van der Waals surface area contributed by atoms with E-state index in [4.69, 9.17) is 10.5 Å². The van der Waals surface area contributed by atoms with Crippen LogP contribution in [0.5, 0.6) is 0 Å². The number of rotatable bonds is 6. The van der Waals surface area contributed by atoms with Crippen LogP contribution in [-0.2, 0) is 14.8 Å². The summed E-state index contributed by atoms with van der Waals surface area (Å²) in [6.45, 7) is 7.97. The highest BCUT2D eigenvalue weighted by molar-refractivity contribution is 7.89. The van der Waals surface area contributed by atoms with Gasteiger partial charge in [-0.3, -0.25) is 0 Å². The lowest BCUT2D eigenvalue weighted by atomic mass is 10.1. The number of nitrogen functional groups attached to an aromatic ring is 1. The van der Waals surface area contributed by atoms with E-state index in [1.807, 2.05) is 27.7 Å². The number of benzene rings is 1. The second-order valence-corrected chi connectivity index (χ2v) is 7.08. The quantitative estimate of drug-likeness (QED) is 0.785. The summed E-state index contributed by atoms with van der Waals surface area (Å²) in [7, 11) is -2.10. The lowest BCUT2D eigenvalue weighted by Crippen LogP contribution is -2.41. The maximum atomic E-state index is 12.5. The fourth-order valence-corrected chi connectivity index (χ4v) is 3.42. The molecule has 1 aromatic carbocycles. The van der Waals surface area contributed by atoms with Gasteiger partial charge < -0.3 is 10.5 Å². The molecule has 5 nitrogen and oxygen atoms in total. The molecule has 3 N–H and O–H groups in total. The summed E-state index contributed by atoms with van der Waals surface area (Å²) in [6, 6.07) is 3.01. The first kappa shape index (κ1) is 16.9. The predicted octanol–water partition coefficient (Wildman–Crippen LogP) is 1.83. The maximum Gasteiger partial charge on any atom is 0.242 e. The van der Waals surface area contributed by atoms with Crippen molar-refractivity contribution in [2.24, 2.45) is 5.92 Å². The molecule has 0 bridgehead atoms. The van der Waals surface area contributed by atoms with E-state index in [0.29, 0.717) is 6.61 Å². The average Bonchev–Trinajstić information content (AvgIpc) is 2.32. The minimum Gasteiger partial charge on any atom is -0.398 e. The molecule has 0 aromatic heterocycles. The van der Waals surface area contributed by atoms with Crippen molar-refractivity contribution in [3.63, 3.8) is 0 Å². The van der Waals surface area contributed by atoms with Gasteiger partial charge in [0.15, 0.2) is 0 Å². The van der Waals surface area contributed by atoms with Crippen LogP contribution in [0.4, 0.5) is 5.69 Å². The number of nitrogens with one attached hydrogen (secondary N) is 1. The molecule has 0 saturated heterocycles. The largest absolute Gasteiger partial charge is 0.398 e. The number of methoxy groups -OCH3 is 1. The second kappa shape index (κ2) is 6.56. The Morgan fingerprint density at radius 2 is 1.80 bits per heavy atom. The standard InChI is InChI=1S/C14H24N2O3S/c1-9(2)13(8-19-5)16-20(17,18)14-7-11(4)10(3)6-12(14)15/h6-7,9,13,16H,8,15H2,1-5H3. The molecule has 1 atom stereocenters. The van der Waals surface area contributed by atoms with Gasteiger partial charge in [0.1, 0.15) is 4.90 Å². The third-order valence-corrected chi connectivity index (χ3v) is 4.92. The van der Waals surface area contributed by atoms with Gasteiger partial charge in [0.25, 0.3) is 0 Å². The molecule has 1 aromatic rings. The average molecular weight is 300 g/mol. The highest BCUT2D eigenvalue weighted by Gasteiger charge is 2.24. The van der Waals surface area contributed by atoms with Crippen LogP contribution in [0.15, 0.2) is 17.0 Å². The molecule has 0 aliphatic heterocycles. The summed E-state index contributed by atoms with van der Waals surface area (Å²) in [5.74, 6) is 0.123. The molecular weight excluding hydrogens is 276 g/mol. The Hall–Kier alpha value is -1.11. The lowest BCUT2D eigenvalue weighted by molar-refractivity contribution is 0.157. The summed E-state index contributed by atoms with van der Waals surface area (Å²) in [4.78, 5) is 0.127. The third kappa shape index (κ3) is 3.94. The molecule has 0 saturated carbocycles. The van der Waals surface area contributed by atoms with Gasteiger partial charge in [-0.05, 0) is 43.0 Å². The minimum atomic E-state index is -3.65. The zero-order valence-electron chi connectivity index (χ0n) is 12.7. The van der Waals surface area contributed by atoms with Gasteiger partial charge in [-0.25, -0.2) is 13.1 Å². The van der Waals surface area contributed by atoms with Gasteiger partial charge in [0.2, 0.25) is 10.0 Å². The van der Waals surface area contributed by atoms with Crippen molar-refractivity contribution in [3.8, 4) is 0 Å². The zero-order valence-corrected chi connectivity index (χ0v) is 13.5. The maximum absolute atomic E-state index is 12.5.